The second-order valence-electron chi connectivity index (χ2n) is 6.60. The van der Waals surface area contributed by atoms with E-state index < -0.39 is 5.97 Å². The Morgan fingerprint density at radius 1 is 1.08 bits per heavy atom. The molecule has 0 spiro atoms. The van der Waals surface area contributed by atoms with E-state index in [2.05, 4.69) is 0 Å². The molecule has 1 saturated carbocycles. The van der Waals surface area contributed by atoms with E-state index in [4.69, 9.17) is 4.42 Å². The third kappa shape index (κ3) is 1.48. The lowest BCUT2D eigenvalue weighted by Gasteiger charge is -2.09. The molecule has 2 bridgehead atoms. The molecule has 0 aliphatic heterocycles. The molecule has 0 saturated heterocycles. The highest BCUT2D eigenvalue weighted by atomic mass is 16.4. The summed E-state index contributed by atoms with van der Waals surface area (Å²) in [5.74, 6) is -1.18. The van der Waals surface area contributed by atoms with Gasteiger partial charge < -0.3 is 19.7 Å². The van der Waals surface area contributed by atoms with Gasteiger partial charge in [-0.1, -0.05) is 12.1 Å². The van der Waals surface area contributed by atoms with Gasteiger partial charge in [0.2, 0.25) is 17.5 Å². The van der Waals surface area contributed by atoms with Gasteiger partial charge in [-0.25, -0.2) is 9.36 Å². The normalized spacial score (nSPS) is 21.5. The van der Waals surface area contributed by atoms with E-state index in [1.807, 2.05) is 0 Å². The number of carboxylic acids is 1. The molecule has 1 aromatic carbocycles. The van der Waals surface area contributed by atoms with Gasteiger partial charge >= 0.3 is 5.97 Å². The maximum absolute atomic E-state index is 11.6. The third-order valence-electron chi connectivity index (χ3n) is 5.43. The quantitative estimate of drug-likeness (QED) is 0.667. The Bertz CT molecular complexity index is 979. The van der Waals surface area contributed by atoms with Crippen molar-refractivity contribution in [1.82, 2.24) is 4.57 Å². The molecule has 24 heavy (non-hydrogen) atoms. The number of benzene rings is 1. The van der Waals surface area contributed by atoms with Crippen LogP contribution in [0.4, 0.5) is 0 Å². The molecule has 2 aliphatic carbocycles. The van der Waals surface area contributed by atoms with Crippen LogP contribution >= 0.6 is 0 Å². The highest BCUT2D eigenvalue weighted by Crippen LogP contribution is 2.60. The van der Waals surface area contributed by atoms with E-state index >= 15 is 0 Å². The van der Waals surface area contributed by atoms with E-state index in [9.17, 15) is 20.1 Å². The van der Waals surface area contributed by atoms with Crippen molar-refractivity contribution in [3.63, 3.8) is 0 Å². The maximum Gasteiger partial charge on any atom is 0.374 e. The zero-order valence-corrected chi connectivity index (χ0v) is 12.7. The molecule has 0 amide bonds. The Labute approximate surface area is 136 Å². The first-order chi connectivity index (χ1) is 11.6. The summed E-state index contributed by atoms with van der Waals surface area (Å²) in [6.45, 7) is 0. The van der Waals surface area contributed by atoms with Crippen molar-refractivity contribution in [2.45, 2.75) is 31.1 Å². The lowest BCUT2D eigenvalue weighted by atomic mass is 9.95. The van der Waals surface area contributed by atoms with Gasteiger partial charge in [-0.15, -0.1) is 0 Å². The number of carbonyl (C=O) groups is 1. The van der Waals surface area contributed by atoms with E-state index in [1.54, 1.807) is 24.3 Å². The first-order valence-electron chi connectivity index (χ1n) is 7.99. The molecule has 3 aromatic rings. The Morgan fingerprint density at radius 2 is 1.71 bits per heavy atom. The molecule has 0 unspecified atom stereocenters. The fourth-order valence-corrected chi connectivity index (χ4v) is 4.50. The molecule has 2 heterocycles. The number of furan rings is 1. The fourth-order valence-electron chi connectivity index (χ4n) is 4.50. The number of hydrogen-bond acceptors (Lipinski definition) is 4. The number of para-hydroxylation sites is 1. The van der Waals surface area contributed by atoms with E-state index in [1.165, 1.54) is 4.57 Å². The van der Waals surface area contributed by atoms with Crippen LogP contribution in [0.2, 0.25) is 0 Å². The van der Waals surface area contributed by atoms with E-state index in [0.29, 0.717) is 11.0 Å². The van der Waals surface area contributed by atoms with Crippen LogP contribution in [-0.2, 0) is 0 Å². The zero-order valence-electron chi connectivity index (χ0n) is 12.7. The van der Waals surface area contributed by atoms with Gasteiger partial charge in [0, 0.05) is 16.5 Å². The van der Waals surface area contributed by atoms with Gasteiger partial charge in [0.25, 0.3) is 0 Å². The summed E-state index contributed by atoms with van der Waals surface area (Å²) in [7, 11) is 0. The second-order valence-corrected chi connectivity index (χ2v) is 6.60. The SMILES string of the molecule is O=C(O)c1oc2ccccc2c1-n1c(O)c2c(c1O)[C@H]1CC[C@@H]2C1. The van der Waals surface area contributed by atoms with Crippen LogP contribution in [0.15, 0.2) is 28.7 Å². The average Bonchev–Trinajstić information content (AvgIpc) is 3.30. The van der Waals surface area contributed by atoms with Crippen LogP contribution in [-0.4, -0.2) is 25.9 Å². The summed E-state index contributed by atoms with van der Waals surface area (Å²) in [6.07, 6.45) is 2.93. The molecule has 122 valence electrons. The smallest absolute Gasteiger partial charge is 0.374 e. The average molecular weight is 325 g/mol. The van der Waals surface area contributed by atoms with Crippen LogP contribution in [0.3, 0.4) is 0 Å². The molecular formula is C18H15NO5. The fraction of sp³-hybridized carbons (Fsp3) is 0.278. The second kappa shape index (κ2) is 4.35. The van der Waals surface area contributed by atoms with Crippen molar-refractivity contribution < 1.29 is 24.5 Å². The van der Waals surface area contributed by atoms with E-state index in [-0.39, 0.29) is 35.0 Å². The van der Waals surface area contributed by atoms with Gasteiger partial charge in [-0.05, 0) is 43.2 Å². The van der Waals surface area contributed by atoms with Crippen LogP contribution in [0.5, 0.6) is 11.8 Å². The van der Waals surface area contributed by atoms with Gasteiger partial charge in [0.05, 0.1) is 0 Å². The van der Waals surface area contributed by atoms with Crippen LogP contribution < -0.4 is 0 Å². The predicted molar refractivity (Wildman–Crippen MR) is 85.2 cm³/mol. The highest BCUT2D eigenvalue weighted by Gasteiger charge is 2.45. The van der Waals surface area contributed by atoms with Crippen molar-refractivity contribution >= 4 is 16.9 Å². The Morgan fingerprint density at radius 3 is 2.33 bits per heavy atom. The van der Waals surface area contributed by atoms with Crippen LogP contribution in [0.25, 0.3) is 16.7 Å². The number of aromatic nitrogens is 1. The van der Waals surface area contributed by atoms with Gasteiger partial charge in [0.15, 0.2) is 0 Å². The first-order valence-corrected chi connectivity index (χ1v) is 7.99. The number of fused-ring (bicyclic) bond motifs is 6. The number of hydrogen-bond donors (Lipinski definition) is 3. The third-order valence-corrected chi connectivity index (χ3v) is 5.43. The number of aromatic hydroxyl groups is 2. The Hall–Kier alpha value is -2.89. The van der Waals surface area contributed by atoms with Crippen molar-refractivity contribution in [2.24, 2.45) is 0 Å². The topological polar surface area (TPSA) is 95.8 Å². The van der Waals surface area contributed by atoms with Crippen LogP contribution in [0.1, 0.15) is 52.8 Å². The number of nitrogens with zero attached hydrogens (tertiary/aromatic N) is 1. The Kier molecular flexibility index (Phi) is 2.45. The lowest BCUT2D eigenvalue weighted by molar-refractivity contribution is 0.0665. The zero-order chi connectivity index (χ0) is 16.6. The predicted octanol–water partition coefficient (Wildman–Crippen LogP) is 3.70. The van der Waals surface area contributed by atoms with E-state index in [0.717, 1.165) is 30.4 Å². The molecule has 3 N–H and O–H groups in total. The summed E-state index contributed by atoms with van der Waals surface area (Å²) >= 11 is 0. The number of carboxylic acid groups (broad SMARTS) is 1. The summed E-state index contributed by atoms with van der Waals surface area (Å²) in [5, 5.41) is 31.6. The number of aromatic carboxylic acids is 1. The molecule has 6 nitrogen and oxygen atoms in total. The summed E-state index contributed by atoms with van der Waals surface area (Å²) in [4.78, 5) is 11.6. The molecule has 2 atom stereocenters. The lowest BCUT2D eigenvalue weighted by Crippen LogP contribution is -2.03. The summed E-state index contributed by atoms with van der Waals surface area (Å²) < 4.78 is 6.69. The van der Waals surface area contributed by atoms with Gasteiger partial charge in [-0.3, -0.25) is 0 Å². The maximum atomic E-state index is 11.6. The highest BCUT2D eigenvalue weighted by molar-refractivity contribution is 6.00. The molecule has 2 aliphatic rings. The Balaban J connectivity index is 1.87. The summed E-state index contributed by atoms with van der Waals surface area (Å²) in [5.41, 5.74) is 2.12. The minimum Gasteiger partial charge on any atom is -0.494 e. The van der Waals surface area contributed by atoms with Crippen molar-refractivity contribution in [1.29, 1.82) is 0 Å². The van der Waals surface area contributed by atoms with Crippen molar-refractivity contribution in [2.75, 3.05) is 0 Å². The molecule has 0 radical (unpaired) electrons. The minimum absolute atomic E-state index is 0.0660. The largest absolute Gasteiger partial charge is 0.494 e. The first kappa shape index (κ1) is 13.5. The molecule has 5 rings (SSSR count). The van der Waals surface area contributed by atoms with Crippen molar-refractivity contribution in [3.8, 4) is 17.4 Å². The van der Waals surface area contributed by atoms with Crippen molar-refractivity contribution in [3.05, 3.63) is 41.2 Å². The van der Waals surface area contributed by atoms with Gasteiger partial charge in [0.1, 0.15) is 11.3 Å². The standard InChI is InChI=1S/C18H15NO5/c20-16-12-8-5-6-9(7-8)13(12)17(21)19(16)14-10-3-1-2-4-11(10)24-15(14)18(22)23/h1-4,8-9,20-21H,5-7H2,(H,22,23)/t8-,9+. The molecular weight excluding hydrogens is 310 g/mol. The molecule has 2 aromatic heterocycles. The van der Waals surface area contributed by atoms with Gasteiger partial charge in [-0.2, -0.15) is 0 Å². The van der Waals surface area contributed by atoms with Crippen LogP contribution in [0, 0.1) is 0 Å². The monoisotopic (exact) mass is 325 g/mol. The molecule has 1 fully saturated rings. The summed E-state index contributed by atoms with van der Waals surface area (Å²) in [6, 6.07) is 6.90. The number of rotatable bonds is 2. The molecule has 6 heteroatoms. The minimum atomic E-state index is -1.24.